The van der Waals surface area contributed by atoms with E-state index in [1.54, 1.807) is 13.8 Å². The number of carboxylic acids is 1. The molecule has 1 rings (SSSR count). The Kier molecular flexibility index (Phi) is 3.60. The second-order valence-electron chi connectivity index (χ2n) is 3.28. The normalized spacial score (nSPS) is 12.2. The zero-order valence-corrected chi connectivity index (χ0v) is 9.39. The number of rotatable bonds is 4. The van der Waals surface area contributed by atoms with Crippen LogP contribution in [0.2, 0.25) is 0 Å². The van der Waals surface area contributed by atoms with E-state index in [0.717, 1.165) is 0 Å². The van der Waals surface area contributed by atoms with Gasteiger partial charge >= 0.3 is 5.97 Å². The van der Waals surface area contributed by atoms with Crippen molar-refractivity contribution < 1.29 is 14.7 Å². The topological polar surface area (TPSA) is 97.1 Å². The van der Waals surface area contributed by atoms with Crippen LogP contribution < -0.4 is 5.32 Å². The Balaban J connectivity index is 3.15. The maximum atomic E-state index is 11.4. The smallest absolute Gasteiger partial charge is 0.358 e. The number of carbonyl (C=O) groups is 2. The highest BCUT2D eigenvalue weighted by Crippen LogP contribution is 2.12. The standard InChI is InChI=1S/C9H14N4O3/c1-4-6-7(9(15)16)11-12-13(6)5(2)8(14)10-3/h5H,4H2,1-3H3,(H,10,14)(H,15,16). The van der Waals surface area contributed by atoms with Crippen LogP contribution in [0.1, 0.15) is 36.1 Å². The summed E-state index contributed by atoms with van der Waals surface area (Å²) < 4.78 is 1.34. The minimum absolute atomic E-state index is 0.0988. The van der Waals surface area contributed by atoms with Crippen LogP contribution in [-0.2, 0) is 11.2 Å². The predicted octanol–water partition coefficient (Wildman–Crippen LogP) is -0.154. The molecule has 0 aliphatic carbocycles. The zero-order chi connectivity index (χ0) is 12.3. The summed E-state index contributed by atoms with van der Waals surface area (Å²) in [4.78, 5) is 22.3. The van der Waals surface area contributed by atoms with Crippen molar-refractivity contribution in [1.82, 2.24) is 20.3 Å². The molecule has 0 saturated heterocycles. The molecule has 1 heterocycles. The molecule has 0 aliphatic rings. The monoisotopic (exact) mass is 226 g/mol. The lowest BCUT2D eigenvalue weighted by Crippen LogP contribution is -2.29. The average Bonchev–Trinajstić information content (AvgIpc) is 2.70. The van der Waals surface area contributed by atoms with Gasteiger partial charge in [0.15, 0.2) is 5.69 Å². The molecule has 88 valence electrons. The lowest BCUT2D eigenvalue weighted by atomic mass is 10.2. The van der Waals surface area contributed by atoms with Crippen molar-refractivity contribution in [1.29, 1.82) is 0 Å². The third-order valence-corrected chi connectivity index (χ3v) is 2.32. The summed E-state index contributed by atoms with van der Waals surface area (Å²) in [7, 11) is 1.51. The van der Waals surface area contributed by atoms with E-state index in [1.807, 2.05) is 0 Å². The number of nitrogens with one attached hydrogen (secondary N) is 1. The molecule has 0 aromatic carbocycles. The van der Waals surface area contributed by atoms with Gasteiger partial charge in [-0.2, -0.15) is 0 Å². The van der Waals surface area contributed by atoms with E-state index in [4.69, 9.17) is 5.11 Å². The predicted molar refractivity (Wildman–Crippen MR) is 55.1 cm³/mol. The van der Waals surface area contributed by atoms with Crippen molar-refractivity contribution in [3.63, 3.8) is 0 Å². The zero-order valence-electron chi connectivity index (χ0n) is 9.39. The maximum Gasteiger partial charge on any atom is 0.358 e. The first-order valence-electron chi connectivity index (χ1n) is 4.91. The fourth-order valence-electron chi connectivity index (χ4n) is 1.44. The Morgan fingerprint density at radius 1 is 1.56 bits per heavy atom. The number of carboxylic acid groups (broad SMARTS) is 1. The molecule has 1 atom stereocenters. The molecule has 1 unspecified atom stereocenters. The number of amides is 1. The van der Waals surface area contributed by atoms with Gasteiger partial charge in [-0.3, -0.25) is 4.79 Å². The van der Waals surface area contributed by atoms with Crippen molar-refractivity contribution in [2.45, 2.75) is 26.3 Å². The lowest BCUT2D eigenvalue weighted by molar-refractivity contribution is -0.123. The maximum absolute atomic E-state index is 11.4. The van der Waals surface area contributed by atoms with E-state index >= 15 is 0 Å². The first kappa shape index (κ1) is 12.2. The SMILES string of the molecule is CCc1c(C(=O)O)nnn1C(C)C(=O)NC. The Labute approximate surface area is 92.4 Å². The van der Waals surface area contributed by atoms with Crippen LogP contribution >= 0.6 is 0 Å². The molecule has 1 aromatic heterocycles. The van der Waals surface area contributed by atoms with Crippen molar-refractivity contribution >= 4 is 11.9 Å². The third-order valence-electron chi connectivity index (χ3n) is 2.32. The van der Waals surface area contributed by atoms with Crippen LogP contribution in [0, 0.1) is 0 Å². The largest absolute Gasteiger partial charge is 0.476 e. The summed E-state index contributed by atoms with van der Waals surface area (Å²) in [6.45, 7) is 3.43. The average molecular weight is 226 g/mol. The molecule has 0 bridgehead atoms. The van der Waals surface area contributed by atoms with Crippen molar-refractivity contribution in [3.05, 3.63) is 11.4 Å². The number of nitrogens with zero attached hydrogens (tertiary/aromatic N) is 3. The summed E-state index contributed by atoms with van der Waals surface area (Å²) in [5, 5.41) is 18.6. The van der Waals surface area contributed by atoms with Crippen LogP contribution in [0.15, 0.2) is 0 Å². The van der Waals surface area contributed by atoms with Gasteiger partial charge in [0.25, 0.3) is 0 Å². The molecule has 1 aromatic rings. The molecular weight excluding hydrogens is 212 g/mol. The summed E-state index contributed by atoms with van der Waals surface area (Å²) >= 11 is 0. The second kappa shape index (κ2) is 4.73. The van der Waals surface area contributed by atoms with E-state index in [2.05, 4.69) is 15.6 Å². The van der Waals surface area contributed by atoms with Gasteiger partial charge in [0.05, 0.1) is 5.69 Å². The van der Waals surface area contributed by atoms with Crippen molar-refractivity contribution in [2.75, 3.05) is 7.05 Å². The molecule has 2 N–H and O–H groups in total. The molecule has 0 saturated carbocycles. The van der Waals surface area contributed by atoms with E-state index < -0.39 is 12.0 Å². The minimum atomic E-state index is -1.13. The molecule has 1 amide bonds. The number of aromatic nitrogens is 3. The van der Waals surface area contributed by atoms with E-state index in [1.165, 1.54) is 11.7 Å². The number of hydrogen-bond donors (Lipinski definition) is 2. The highest BCUT2D eigenvalue weighted by molar-refractivity contribution is 5.87. The molecular formula is C9H14N4O3. The first-order chi connectivity index (χ1) is 7.52. The Bertz CT molecular complexity index is 413. The molecule has 16 heavy (non-hydrogen) atoms. The summed E-state index contributed by atoms with van der Waals surface area (Å²) in [6.07, 6.45) is 0.454. The molecule has 7 heteroatoms. The van der Waals surface area contributed by atoms with Crippen LogP contribution in [0.5, 0.6) is 0 Å². The van der Waals surface area contributed by atoms with Crippen molar-refractivity contribution in [2.24, 2.45) is 0 Å². The third kappa shape index (κ3) is 2.02. The van der Waals surface area contributed by atoms with Gasteiger partial charge in [0.2, 0.25) is 5.91 Å². The Morgan fingerprint density at radius 3 is 2.62 bits per heavy atom. The molecule has 0 spiro atoms. The van der Waals surface area contributed by atoms with Gasteiger partial charge < -0.3 is 10.4 Å². The fraction of sp³-hybridized carbons (Fsp3) is 0.556. The van der Waals surface area contributed by atoms with Gasteiger partial charge in [-0.05, 0) is 13.3 Å². The lowest BCUT2D eigenvalue weighted by Gasteiger charge is -2.12. The van der Waals surface area contributed by atoms with Gasteiger partial charge in [-0.25, -0.2) is 9.48 Å². The first-order valence-corrected chi connectivity index (χ1v) is 4.91. The fourth-order valence-corrected chi connectivity index (χ4v) is 1.44. The number of hydrogen-bond acceptors (Lipinski definition) is 4. The molecule has 0 fully saturated rings. The summed E-state index contributed by atoms with van der Waals surface area (Å²) in [5.41, 5.74) is 0.349. The van der Waals surface area contributed by atoms with Gasteiger partial charge in [-0.1, -0.05) is 12.1 Å². The Morgan fingerprint density at radius 2 is 2.19 bits per heavy atom. The van der Waals surface area contributed by atoms with Crippen LogP contribution in [0.25, 0.3) is 0 Å². The van der Waals surface area contributed by atoms with Gasteiger partial charge in [0, 0.05) is 7.05 Å². The molecule has 0 radical (unpaired) electrons. The van der Waals surface area contributed by atoms with Crippen molar-refractivity contribution in [3.8, 4) is 0 Å². The van der Waals surface area contributed by atoms with Crippen LogP contribution in [0.4, 0.5) is 0 Å². The van der Waals surface area contributed by atoms with Crippen LogP contribution in [-0.4, -0.2) is 39.0 Å². The van der Waals surface area contributed by atoms with Gasteiger partial charge in [0.1, 0.15) is 6.04 Å². The minimum Gasteiger partial charge on any atom is -0.476 e. The number of carbonyl (C=O) groups excluding carboxylic acids is 1. The van der Waals surface area contributed by atoms with Gasteiger partial charge in [-0.15, -0.1) is 5.10 Å². The highest BCUT2D eigenvalue weighted by atomic mass is 16.4. The van der Waals surface area contributed by atoms with E-state index in [-0.39, 0.29) is 11.6 Å². The molecule has 0 aliphatic heterocycles. The number of likely N-dealkylation sites (N-methyl/N-ethyl adjacent to an activating group) is 1. The van der Waals surface area contributed by atoms with Crippen LogP contribution in [0.3, 0.4) is 0 Å². The van der Waals surface area contributed by atoms with E-state index in [0.29, 0.717) is 12.1 Å². The highest BCUT2D eigenvalue weighted by Gasteiger charge is 2.23. The number of aromatic carboxylic acids is 1. The summed E-state index contributed by atoms with van der Waals surface area (Å²) in [5.74, 6) is -1.37. The quantitative estimate of drug-likeness (QED) is 0.743. The molecule has 7 nitrogen and oxygen atoms in total. The Hall–Kier alpha value is -1.92. The second-order valence-corrected chi connectivity index (χ2v) is 3.28. The van der Waals surface area contributed by atoms with E-state index in [9.17, 15) is 9.59 Å². The summed E-state index contributed by atoms with van der Waals surface area (Å²) in [6, 6.07) is -0.569.